The molecule has 2 heterocycles. The van der Waals surface area contributed by atoms with Crippen molar-refractivity contribution in [2.24, 2.45) is 0 Å². The van der Waals surface area contributed by atoms with E-state index >= 15 is 0 Å². The molecule has 0 fully saturated rings. The van der Waals surface area contributed by atoms with Gasteiger partial charge in [0, 0.05) is 17.8 Å². The van der Waals surface area contributed by atoms with Gasteiger partial charge in [-0.2, -0.15) is 5.10 Å². The molecule has 2 aromatic rings. The minimum atomic E-state index is -0.485. The first-order valence-electron chi connectivity index (χ1n) is 5.13. The van der Waals surface area contributed by atoms with Gasteiger partial charge in [-0.3, -0.25) is 15.2 Å². The minimum absolute atomic E-state index is 0.00555. The number of nitro groups is 1. The molecule has 2 rings (SSSR count). The van der Waals surface area contributed by atoms with Crippen LogP contribution in [0.5, 0.6) is 0 Å². The fraction of sp³-hybridized carbons (Fsp3) is 0.200. The number of rotatable bonds is 4. The average molecular weight is 312 g/mol. The number of pyridine rings is 1. The van der Waals surface area contributed by atoms with Crippen molar-refractivity contribution >= 4 is 27.4 Å². The van der Waals surface area contributed by atoms with Crippen molar-refractivity contribution in [3.63, 3.8) is 0 Å². The minimum Gasteiger partial charge on any atom is -0.362 e. The number of halogens is 1. The van der Waals surface area contributed by atoms with E-state index in [0.717, 1.165) is 5.56 Å². The highest BCUT2D eigenvalue weighted by Gasteiger charge is 2.13. The molecule has 1 atom stereocenters. The maximum absolute atomic E-state index is 10.6. The molecule has 0 saturated carbocycles. The number of nitrogens with zero attached hydrogens (tertiary/aromatic N) is 3. The van der Waals surface area contributed by atoms with Gasteiger partial charge >= 0.3 is 0 Å². The molecule has 2 N–H and O–H groups in total. The van der Waals surface area contributed by atoms with Crippen molar-refractivity contribution in [3.8, 4) is 0 Å². The Morgan fingerprint density at radius 2 is 2.33 bits per heavy atom. The van der Waals surface area contributed by atoms with Crippen molar-refractivity contribution in [1.82, 2.24) is 15.2 Å². The molecule has 2 aromatic heterocycles. The molecule has 0 amide bonds. The van der Waals surface area contributed by atoms with Crippen LogP contribution in [-0.2, 0) is 0 Å². The summed E-state index contributed by atoms with van der Waals surface area (Å²) < 4.78 is 0.548. The fourth-order valence-corrected chi connectivity index (χ4v) is 1.87. The summed E-state index contributed by atoms with van der Waals surface area (Å²) >= 11 is 3.25. The predicted molar refractivity (Wildman–Crippen MR) is 69.2 cm³/mol. The first kappa shape index (κ1) is 12.5. The zero-order valence-electron chi connectivity index (χ0n) is 9.42. The molecule has 0 aliphatic carbocycles. The van der Waals surface area contributed by atoms with Gasteiger partial charge in [0.15, 0.2) is 0 Å². The maximum Gasteiger partial charge on any atom is 0.288 e. The zero-order chi connectivity index (χ0) is 13.1. The number of nitrogens with one attached hydrogen (secondary N) is 2. The maximum atomic E-state index is 10.6. The second-order valence-electron chi connectivity index (χ2n) is 3.68. The van der Waals surface area contributed by atoms with E-state index in [9.17, 15) is 10.1 Å². The van der Waals surface area contributed by atoms with E-state index < -0.39 is 4.92 Å². The molecular formula is C10H10BrN5O2. The standard InChI is InChI=1S/C10H10BrN5O2/c1-6(7-3-13-14-4-7)15-10-9(11)2-8(5-12-10)16(17)18/h2-6H,1H3,(H,12,15)(H,13,14). The van der Waals surface area contributed by atoms with Crippen molar-refractivity contribution in [1.29, 1.82) is 0 Å². The normalized spacial score (nSPS) is 12.1. The van der Waals surface area contributed by atoms with Gasteiger partial charge in [0.25, 0.3) is 5.69 Å². The van der Waals surface area contributed by atoms with Crippen molar-refractivity contribution < 1.29 is 4.92 Å². The topological polar surface area (TPSA) is 96.7 Å². The van der Waals surface area contributed by atoms with Crippen LogP contribution in [0, 0.1) is 10.1 Å². The van der Waals surface area contributed by atoms with E-state index in [0.29, 0.717) is 10.3 Å². The van der Waals surface area contributed by atoms with Gasteiger partial charge in [-0.1, -0.05) is 0 Å². The monoisotopic (exact) mass is 311 g/mol. The third-order valence-electron chi connectivity index (χ3n) is 2.41. The molecule has 0 saturated heterocycles. The number of hydrogen-bond donors (Lipinski definition) is 2. The number of hydrogen-bond acceptors (Lipinski definition) is 5. The Labute approximate surface area is 111 Å². The summed E-state index contributed by atoms with van der Waals surface area (Å²) in [6.45, 7) is 1.94. The molecule has 7 nitrogen and oxygen atoms in total. The summed E-state index contributed by atoms with van der Waals surface area (Å²) in [6.07, 6.45) is 4.70. The predicted octanol–water partition coefficient (Wildman–Crippen LogP) is 2.65. The smallest absolute Gasteiger partial charge is 0.288 e. The Hall–Kier alpha value is -1.96. The number of aromatic amines is 1. The Morgan fingerprint density at radius 3 is 2.89 bits per heavy atom. The van der Waals surface area contributed by atoms with E-state index in [1.165, 1.54) is 12.3 Å². The quantitative estimate of drug-likeness (QED) is 0.668. The molecule has 0 bridgehead atoms. The van der Waals surface area contributed by atoms with Gasteiger partial charge in [-0.15, -0.1) is 0 Å². The van der Waals surface area contributed by atoms with E-state index in [-0.39, 0.29) is 11.7 Å². The van der Waals surface area contributed by atoms with Crippen molar-refractivity contribution in [2.75, 3.05) is 5.32 Å². The van der Waals surface area contributed by atoms with Crippen LogP contribution in [0.1, 0.15) is 18.5 Å². The lowest BCUT2D eigenvalue weighted by Gasteiger charge is -2.13. The third-order valence-corrected chi connectivity index (χ3v) is 3.01. The van der Waals surface area contributed by atoms with Crippen molar-refractivity contribution in [3.05, 3.63) is 44.8 Å². The highest BCUT2D eigenvalue weighted by Crippen LogP contribution is 2.27. The first-order chi connectivity index (χ1) is 8.58. The first-order valence-corrected chi connectivity index (χ1v) is 5.92. The molecule has 0 spiro atoms. The van der Waals surface area contributed by atoms with Crippen LogP contribution in [0.3, 0.4) is 0 Å². The van der Waals surface area contributed by atoms with E-state index in [1.807, 2.05) is 6.92 Å². The van der Waals surface area contributed by atoms with Crippen LogP contribution >= 0.6 is 15.9 Å². The van der Waals surface area contributed by atoms with Gasteiger partial charge in [0.05, 0.1) is 21.6 Å². The van der Waals surface area contributed by atoms with Crippen LogP contribution in [0.4, 0.5) is 11.5 Å². The van der Waals surface area contributed by atoms with Crippen LogP contribution in [0.25, 0.3) is 0 Å². The summed E-state index contributed by atoms with van der Waals surface area (Å²) in [5.41, 5.74) is 0.922. The zero-order valence-corrected chi connectivity index (χ0v) is 11.0. The molecule has 1 unspecified atom stereocenters. The summed E-state index contributed by atoms with van der Waals surface area (Å²) in [5.74, 6) is 0.550. The molecule has 0 radical (unpaired) electrons. The lowest BCUT2D eigenvalue weighted by Crippen LogP contribution is -2.07. The summed E-state index contributed by atoms with van der Waals surface area (Å²) in [6, 6.07) is 1.41. The Balaban J connectivity index is 2.17. The molecule has 0 aromatic carbocycles. The largest absolute Gasteiger partial charge is 0.362 e. The molecule has 18 heavy (non-hydrogen) atoms. The summed E-state index contributed by atoms with van der Waals surface area (Å²) in [7, 11) is 0. The van der Waals surface area contributed by atoms with Crippen molar-refractivity contribution in [2.45, 2.75) is 13.0 Å². The molecule has 0 aliphatic heterocycles. The molecule has 0 aliphatic rings. The fourth-order valence-electron chi connectivity index (χ4n) is 1.42. The van der Waals surface area contributed by atoms with Crippen LogP contribution < -0.4 is 5.32 Å². The second kappa shape index (κ2) is 5.13. The summed E-state index contributed by atoms with van der Waals surface area (Å²) in [4.78, 5) is 14.1. The molecular weight excluding hydrogens is 302 g/mol. The van der Waals surface area contributed by atoms with E-state index in [4.69, 9.17) is 0 Å². The van der Waals surface area contributed by atoms with Gasteiger partial charge in [-0.25, -0.2) is 4.98 Å². The van der Waals surface area contributed by atoms with Crippen LogP contribution in [0.15, 0.2) is 29.1 Å². The highest BCUT2D eigenvalue weighted by atomic mass is 79.9. The van der Waals surface area contributed by atoms with E-state index in [1.54, 1.807) is 12.4 Å². The lowest BCUT2D eigenvalue weighted by atomic mass is 10.2. The highest BCUT2D eigenvalue weighted by molar-refractivity contribution is 9.10. The van der Waals surface area contributed by atoms with Crippen LogP contribution in [-0.4, -0.2) is 20.1 Å². The Bertz CT molecular complexity index is 557. The number of aromatic nitrogens is 3. The Kier molecular flexibility index (Phi) is 3.56. The molecule has 8 heteroatoms. The summed E-state index contributed by atoms with van der Waals surface area (Å²) in [5, 5.41) is 20.3. The average Bonchev–Trinajstić information content (AvgIpc) is 2.85. The van der Waals surface area contributed by atoms with Gasteiger partial charge < -0.3 is 5.32 Å². The van der Waals surface area contributed by atoms with Crippen LogP contribution in [0.2, 0.25) is 0 Å². The molecule has 94 valence electrons. The van der Waals surface area contributed by atoms with Gasteiger partial charge in [0.2, 0.25) is 0 Å². The number of H-pyrrole nitrogens is 1. The van der Waals surface area contributed by atoms with Gasteiger partial charge in [0.1, 0.15) is 12.0 Å². The second-order valence-corrected chi connectivity index (χ2v) is 4.53. The SMILES string of the molecule is CC(Nc1ncc([N+](=O)[O-])cc1Br)c1cn[nH]c1. The third kappa shape index (κ3) is 2.65. The van der Waals surface area contributed by atoms with E-state index in [2.05, 4.69) is 36.4 Å². The lowest BCUT2D eigenvalue weighted by molar-refractivity contribution is -0.385. The Morgan fingerprint density at radius 1 is 1.56 bits per heavy atom. The number of anilines is 1. The van der Waals surface area contributed by atoms with Gasteiger partial charge in [-0.05, 0) is 22.9 Å².